The predicted octanol–water partition coefficient (Wildman–Crippen LogP) is 2.40. The van der Waals surface area contributed by atoms with E-state index in [0.29, 0.717) is 28.7 Å². The molecule has 2 aromatic rings. The molecule has 0 bridgehead atoms. The minimum absolute atomic E-state index is 0.245. The lowest BCUT2D eigenvalue weighted by Gasteiger charge is -2.07. The largest absolute Gasteiger partial charge is 0.489 e. The van der Waals surface area contributed by atoms with Crippen molar-refractivity contribution >= 4 is 35.3 Å². The van der Waals surface area contributed by atoms with E-state index >= 15 is 0 Å². The number of ether oxygens (including phenoxy) is 2. The molecule has 0 spiro atoms. The van der Waals surface area contributed by atoms with Crippen LogP contribution in [0.1, 0.15) is 21.5 Å². The maximum atomic E-state index is 11.6. The molecular weight excluding hydrogens is 352 g/mol. The summed E-state index contributed by atoms with van der Waals surface area (Å²) < 4.78 is 10.4. The van der Waals surface area contributed by atoms with Gasteiger partial charge < -0.3 is 14.8 Å². The van der Waals surface area contributed by atoms with Crippen LogP contribution in [-0.4, -0.2) is 24.1 Å². The van der Waals surface area contributed by atoms with E-state index in [0.717, 1.165) is 11.1 Å². The second-order valence-electron chi connectivity index (χ2n) is 5.51. The quantitative estimate of drug-likeness (QED) is 0.479. The zero-order chi connectivity index (χ0) is 18.5. The van der Waals surface area contributed by atoms with Crippen LogP contribution in [0.25, 0.3) is 6.08 Å². The topological polar surface area (TPSA) is 76.7 Å². The highest BCUT2D eigenvalue weighted by Crippen LogP contribution is 2.17. The van der Waals surface area contributed by atoms with Gasteiger partial charge in [0.25, 0.3) is 5.91 Å². The summed E-state index contributed by atoms with van der Waals surface area (Å²) in [5.74, 6) is 0.0858. The number of amides is 1. The summed E-state index contributed by atoms with van der Waals surface area (Å²) in [6.07, 6.45) is 1.71. The molecule has 0 aromatic heterocycles. The van der Waals surface area contributed by atoms with E-state index in [2.05, 4.69) is 15.4 Å². The summed E-state index contributed by atoms with van der Waals surface area (Å²) in [5.41, 5.74) is 2.69. The zero-order valence-corrected chi connectivity index (χ0v) is 14.8. The van der Waals surface area contributed by atoms with Gasteiger partial charge in [0.1, 0.15) is 18.1 Å². The summed E-state index contributed by atoms with van der Waals surface area (Å²) >= 11 is 4.89. The predicted molar refractivity (Wildman–Crippen MR) is 100 cm³/mol. The van der Waals surface area contributed by atoms with Crippen LogP contribution >= 0.6 is 12.2 Å². The van der Waals surface area contributed by atoms with Gasteiger partial charge in [0.15, 0.2) is 5.11 Å². The smallest absolute Gasteiger partial charge is 0.337 e. The second-order valence-corrected chi connectivity index (χ2v) is 5.92. The monoisotopic (exact) mass is 368 g/mol. The molecule has 1 aliphatic heterocycles. The standard InChI is InChI=1S/C19H16N2O4S/c1-24-18(23)14-6-2-13(3-7-14)11-25-15-8-4-12(5-9-15)10-16-17(22)21-19(26)20-16/h2-10H,11H2,1H3,(H2,20,21,22,26). The van der Waals surface area contributed by atoms with Crippen molar-refractivity contribution in [3.05, 3.63) is 70.9 Å². The van der Waals surface area contributed by atoms with Gasteiger partial charge >= 0.3 is 5.97 Å². The fourth-order valence-corrected chi connectivity index (χ4v) is 2.53. The van der Waals surface area contributed by atoms with Gasteiger partial charge in [0.2, 0.25) is 0 Å². The third-order valence-corrected chi connectivity index (χ3v) is 3.90. The van der Waals surface area contributed by atoms with E-state index in [1.165, 1.54) is 7.11 Å². The number of carbonyl (C=O) groups is 2. The number of carbonyl (C=O) groups excluding carboxylic acids is 2. The first kappa shape index (κ1) is 17.6. The molecule has 3 rings (SSSR count). The van der Waals surface area contributed by atoms with Gasteiger partial charge in [-0.2, -0.15) is 0 Å². The van der Waals surface area contributed by atoms with Crippen LogP contribution in [0.4, 0.5) is 0 Å². The summed E-state index contributed by atoms with van der Waals surface area (Å²) in [7, 11) is 1.35. The van der Waals surface area contributed by atoms with Crippen LogP contribution in [-0.2, 0) is 16.1 Å². The third kappa shape index (κ3) is 4.25. The Labute approximate surface area is 155 Å². The van der Waals surface area contributed by atoms with E-state index in [1.54, 1.807) is 18.2 Å². The average Bonchev–Trinajstić information content (AvgIpc) is 2.98. The lowest BCUT2D eigenvalue weighted by atomic mass is 10.1. The molecule has 26 heavy (non-hydrogen) atoms. The Morgan fingerprint density at radius 1 is 1.08 bits per heavy atom. The molecule has 0 radical (unpaired) electrons. The second kappa shape index (κ2) is 7.79. The number of hydrogen-bond donors (Lipinski definition) is 2. The van der Waals surface area contributed by atoms with Crippen LogP contribution < -0.4 is 15.4 Å². The highest BCUT2D eigenvalue weighted by molar-refractivity contribution is 7.80. The number of esters is 1. The summed E-state index contributed by atoms with van der Waals surface area (Å²) in [5, 5.41) is 5.61. The van der Waals surface area contributed by atoms with E-state index in [4.69, 9.17) is 17.0 Å². The first-order valence-corrected chi connectivity index (χ1v) is 8.20. The van der Waals surface area contributed by atoms with E-state index in [1.807, 2.05) is 36.4 Å². The first-order valence-electron chi connectivity index (χ1n) is 7.79. The van der Waals surface area contributed by atoms with Crippen molar-refractivity contribution in [1.29, 1.82) is 0 Å². The molecule has 1 saturated heterocycles. The molecular formula is C19H16N2O4S. The number of rotatable bonds is 5. The normalized spacial score (nSPS) is 14.7. The fraction of sp³-hybridized carbons (Fsp3) is 0.105. The van der Waals surface area contributed by atoms with Crippen molar-refractivity contribution in [3.63, 3.8) is 0 Å². The Morgan fingerprint density at radius 3 is 2.35 bits per heavy atom. The Kier molecular flexibility index (Phi) is 5.28. The molecule has 1 heterocycles. The van der Waals surface area contributed by atoms with Crippen molar-refractivity contribution in [2.75, 3.05) is 7.11 Å². The highest BCUT2D eigenvalue weighted by Gasteiger charge is 2.19. The van der Waals surface area contributed by atoms with Crippen LogP contribution in [0.3, 0.4) is 0 Å². The first-order chi connectivity index (χ1) is 12.5. The number of thiocarbonyl (C=S) groups is 1. The minimum Gasteiger partial charge on any atom is -0.489 e. The molecule has 2 N–H and O–H groups in total. The van der Waals surface area contributed by atoms with Crippen molar-refractivity contribution in [2.45, 2.75) is 6.61 Å². The molecule has 0 saturated carbocycles. The minimum atomic E-state index is -0.367. The molecule has 6 nitrogen and oxygen atoms in total. The summed E-state index contributed by atoms with van der Waals surface area (Å²) in [6, 6.07) is 14.4. The molecule has 1 amide bonds. The Morgan fingerprint density at radius 2 is 1.77 bits per heavy atom. The summed E-state index contributed by atoms with van der Waals surface area (Å²) in [4.78, 5) is 23.0. The molecule has 0 atom stereocenters. The van der Waals surface area contributed by atoms with E-state index in [9.17, 15) is 9.59 Å². The molecule has 1 aliphatic rings. The summed E-state index contributed by atoms with van der Waals surface area (Å²) in [6.45, 7) is 0.375. The maximum absolute atomic E-state index is 11.6. The fourth-order valence-electron chi connectivity index (χ4n) is 2.33. The van der Waals surface area contributed by atoms with Crippen LogP contribution in [0.5, 0.6) is 5.75 Å². The Bertz CT molecular complexity index is 873. The maximum Gasteiger partial charge on any atom is 0.337 e. The van der Waals surface area contributed by atoms with Crippen LogP contribution in [0.2, 0.25) is 0 Å². The van der Waals surface area contributed by atoms with E-state index < -0.39 is 0 Å². The third-order valence-electron chi connectivity index (χ3n) is 3.69. The Balaban J connectivity index is 1.59. The van der Waals surface area contributed by atoms with Gasteiger partial charge in [-0.25, -0.2) is 4.79 Å². The number of methoxy groups -OCH3 is 1. The molecule has 0 aliphatic carbocycles. The molecule has 132 valence electrons. The number of hydrogen-bond acceptors (Lipinski definition) is 5. The van der Waals surface area contributed by atoms with Crippen LogP contribution in [0, 0.1) is 0 Å². The van der Waals surface area contributed by atoms with Crippen molar-refractivity contribution < 1.29 is 19.1 Å². The zero-order valence-electron chi connectivity index (χ0n) is 13.9. The van der Waals surface area contributed by atoms with Crippen molar-refractivity contribution in [3.8, 4) is 5.75 Å². The lowest BCUT2D eigenvalue weighted by molar-refractivity contribution is -0.115. The molecule has 7 heteroatoms. The van der Waals surface area contributed by atoms with Gasteiger partial charge in [-0.3, -0.25) is 10.1 Å². The molecule has 0 unspecified atom stereocenters. The van der Waals surface area contributed by atoms with Gasteiger partial charge in [0.05, 0.1) is 12.7 Å². The molecule has 1 fully saturated rings. The highest BCUT2D eigenvalue weighted by atomic mass is 32.1. The van der Waals surface area contributed by atoms with Crippen molar-refractivity contribution in [2.24, 2.45) is 0 Å². The van der Waals surface area contributed by atoms with Gasteiger partial charge in [-0.1, -0.05) is 24.3 Å². The van der Waals surface area contributed by atoms with Crippen molar-refractivity contribution in [1.82, 2.24) is 10.6 Å². The SMILES string of the molecule is COC(=O)c1ccc(COc2ccc(C=C3NC(=S)NC3=O)cc2)cc1. The Hall–Kier alpha value is -3.19. The van der Waals surface area contributed by atoms with Gasteiger partial charge in [-0.05, 0) is 53.7 Å². The average molecular weight is 368 g/mol. The van der Waals surface area contributed by atoms with E-state index in [-0.39, 0.29) is 11.9 Å². The number of benzene rings is 2. The number of nitrogens with one attached hydrogen (secondary N) is 2. The van der Waals surface area contributed by atoms with Gasteiger partial charge in [0, 0.05) is 0 Å². The molecule has 2 aromatic carbocycles. The van der Waals surface area contributed by atoms with Gasteiger partial charge in [-0.15, -0.1) is 0 Å². The lowest BCUT2D eigenvalue weighted by Crippen LogP contribution is -2.21. The van der Waals surface area contributed by atoms with Crippen LogP contribution in [0.15, 0.2) is 54.2 Å².